The van der Waals surface area contributed by atoms with Gasteiger partial charge in [-0.15, -0.1) is 0 Å². The van der Waals surface area contributed by atoms with Gasteiger partial charge in [-0.05, 0) is 38.3 Å². The second kappa shape index (κ2) is 8.93. The van der Waals surface area contributed by atoms with Crippen LogP contribution in [0.5, 0.6) is 0 Å². The number of carbonyl (C=O) groups is 1. The number of rotatable bonds is 8. The number of aromatic nitrogens is 1. The molecule has 0 aliphatic carbocycles. The van der Waals surface area contributed by atoms with Gasteiger partial charge in [0.2, 0.25) is 0 Å². The fraction of sp³-hybridized carbons (Fsp3) is 0.368. The van der Waals surface area contributed by atoms with Crippen molar-refractivity contribution >= 4 is 11.6 Å². The molecule has 23 heavy (non-hydrogen) atoms. The van der Waals surface area contributed by atoms with Crippen LogP contribution < -0.4 is 10.2 Å². The summed E-state index contributed by atoms with van der Waals surface area (Å²) in [6.07, 6.45) is 5.33. The topological polar surface area (TPSA) is 45.2 Å². The molecule has 1 N–H and O–H groups in total. The number of benzene rings is 1. The summed E-state index contributed by atoms with van der Waals surface area (Å²) in [5.74, 6) is -0.0560. The van der Waals surface area contributed by atoms with Crippen molar-refractivity contribution in [2.75, 3.05) is 24.5 Å². The monoisotopic (exact) mass is 311 g/mol. The van der Waals surface area contributed by atoms with Crippen molar-refractivity contribution in [3.05, 3.63) is 59.9 Å². The van der Waals surface area contributed by atoms with E-state index in [1.165, 1.54) is 5.56 Å². The summed E-state index contributed by atoms with van der Waals surface area (Å²) in [4.78, 5) is 18.6. The maximum atomic E-state index is 12.2. The molecule has 1 heterocycles. The Morgan fingerprint density at radius 1 is 1.13 bits per heavy atom. The molecule has 0 bridgehead atoms. The number of nitrogens with one attached hydrogen (secondary N) is 1. The number of anilines is 1. The first kappa shape index (κ1) is 17.0. The Morgan fingerprint density at radius 3 is 2.57 bits per heavy atom. The molecule has 2 aromatic rings. The zero-order chi connectivity index (χ0) is 16.5. The lowest BCUT2D eigenvalue weighted by molar-refractivity contribution is 0.0953. The molecule has 1 amide bonds. The van der Waals surface area contributed by atoms with Crippen LogP contribution in [0.3, 0.4) is 0 Å². The number of pyridine rings is 1. The molecule has 0 fully saturated rings. The van der Waals surface area contributed by atoms with Crippen molar-refractivity contribution in [1.82, 2.24) is 10.3 Å². The third-order valence-electron chi connectivity index (χ3n) is 3.89. The van der Waals surface area contributed by atoms with Crippen molar-refractivity contribution in [2.24, 2.45) is 0 Å². The number of carbonyl (C=O) groups excluding carboxylic acids is 1. The first-order valence-corrected chi connectivity index (χ1v) is 8.26. The normalized spacial score (nSPS) is 10.3. The summed E-state index contributed by atoms with van der Waals surface area (Å²) in [6.45, 7) is 6.67. The zero-order valence-corrected chi connectivity index (χ0v) is 14.0. The lowest BCUT2D eigenvalue weighted by Gasteiger charge is -2.20. The van der Waals surface area contributed by atoms with Crippen molar-refractivity contribution in [1.29, 1.82) is 0 Å². The number of hydrogen-bond donors (Lipinski definition) is 1. The van der Waals surface area contributed by atoms with Gasteiger partial charge in [-0.2, -0.15) is 0 Å². The van der Waals surface area contributed by atoms with Crippen LogP contribution in [0.2, 0.25) is 0 Å². The highest BCUT2D eigenvalue weighted by Gasteiger charge is 2.09. The Morgan fingerprint density at radius 2 is 1.87 bits per heavy atom. The third kappa shape index (κ3) is 5.09. The van der Waals surface area contributed by atoms with Crippen LogP contribution in [0.25, 0.3) is 0 Å². The minimum atomic E-state index is -0.0560. The van der Waals surface area contributed by atoms with E-state index in [4.69, 9.17) is 0 Å². The Kier molecular flexibility index (Phi) is 6.60. The molecule has 0 unspecified atom stereocenters. The van der Waals surface area contributed by atoms with Gasteiger partial charge in [0, 0.05) is 25.8 Å². The molecule has 0 saturated heterocycles. The van der Waals surface area contributed by atoms with Crippen molar-refractivity contribution in [2.45, 2.75) is 26.7 Å². The third-order valence-corrected chi connectivity index (χ3v) is 3.89. The second-order valence-corrected chi connectivity index (χ2v) is 5.45. The second-order valence-electron chi connectivity index (χ2n) is 5.45. The first-order valence-electron chi connectivity index (χ1n) is 8.26. The van der Waals surface area contributed by atoms with Crippen LogP contribution in [0, 0.1) is 0 Å². The molecular weight excluding hydrogens is 286 g/mol. The summed E-state index contributed by atoms with van der Waals surface area (Å²) in [6, 6.07) is 12.2. The molecule has 1 aromatic heterocycles. The van der Waals surface area contributed by atoms with E-state index in [-0.39, 0.29) is 5.91 Å². The summed E-state index contributed by atoms with van der Waals surface area (Å²) >= 11 is 0. The number of nitrogens with zero attached hydrogens (tertiary/aromatic N) is 2. The van der Waals surface area contributed by atoms with Crippen LogP contribution in [0.1, 0.15) is 36.2 Å². The Balaban J connectivity index is 1.84. The predicted octanol–water partition coefficient (Wildman–Crippen LogP) is 3.29. The zero-order valence-electron chi connectivity index (χ0n) is 14.0. The molecule has 122 valence electrons. The first-order chi connectivity index (χ1) is 11.2. The Bertz CT molecular complexity index is 609. The van der Waals surface area contributed by atoms with E-state index in [0.29, 0.717) is 12.1 Å². The van der Waals surface area contributed by atoms with Gasteiger partial charge >= 0.3 is 0 Å². The van der Waals surface area contributed by atoms with Crippen LogP contribution >= 0.6 is 0 Å². The molecule has 4 nitrogen and oxygen atoms in total. The average molecular weight is 311 g/mol. The van der Waals surface area contributed by atoms with E-state index in [1.54, 1.807) is 12.4 Å². The quantitative estimate of drug-likeness (QED) is 0.761. The van der Waals surface area contributed by atoms with E-state index in [1.807, 2.05) is 24.3 Å². The lowest BCUT2D eigenvalue weighted by Crippen LogP contribution is -2.26. The highest BCUT2D eigenvalue weighted by atomic mass is 16.1. The highest BCUT2D eigenvalue weighted by Crippen LogP contribution is 2.14. The molecule has 2 rings (SSSR count). The van der Waals surface area contributed by atoms with Gasteiger partial charge in [-0.25, -0.2) is 0 Å². The molecule has 0 spiro atoms. The van der Waals surface area contributed by atoms with Crippen molar-refractivity contribution in [3.63, 3.8) is 0 Å². The summed E-state index contributed by atoms with van der Waals surface area (Å²) < 4.78 is 0. The van der Waals surface area contributed by atoms with Crippen LogP contribution in [-0.2, 0) is 6.42 Å². The minimum absolute atomic E-state index is 0.0560. The molecule has 0 saturated carbocycles. The largest absolute Gasteiger partial charge is 0.371 e. The van der Waals surface area contributed by atoms with Crippen molar-refractivity contribution in [3.8, 4) is 0 Å². The summed E-state index contributed by atoms with van der Waals surface area (Å²) in [5, 5.41) is 2.97. The number of amides is 1. The van der Waals surface area contributed by atoms with Gasteiger partial charge in [0.25, 0.3) is 5.91 Å². The van der Waals surface area contributed by atoms with Crippen molar-refractivity contribution < 1.29 is 4.79 Å². The molecule has 0 aliphatic heterocycles. The summed E-state index contributed by atoms with van der Waals surface area (Å²) in [5.41, 5.74) is 2.91. The van der Waals surface area contributed by atoms with Gasteiger partial charge in [-0.1, -0.05) is 30.3 Å². The molecule has 4 heteroatoms. The van der Waals surface area contributed by atoms with E-state index < -0.39 is 0 Å². The number of hydrogen-bond acceptors (Lipinski definition) is 3. The maximum absolute atomic E-state index is 12.2. The fourth-order valence-corrected chi connectivity index (χ4v) is 2.55. The maximum Gasteiger partial charge on any atom is 0.252 e. The van der Waals surface area contributed by atoms with Gasteiger partial charge in [0.15, 0.2) is 0 Å². The Hall–Kier alpha value is -2.36. The summed E-state index contributed by atoms with van der Waals surface area (Å²) in [7, 11) is 0. The van der Waals surface area contributed by atoms with E-state index in [0.717, 1.165) is 31.6 Å². The molecule has 1 aromatic carbocycles. The Labute approximate surface area is 138 Å². The van der Waals surface area contributed by atoms with E-state index in [9.17, 15) is 4.79 Å². The average Bonchev–Trinajstić information content (AvgIpc) is 2.61. The minimum Gasteiger partial charge on any atom is -0.371 e. The van der Waals surface area contributed by atoms with Gasteiger partial charge < -0.3 is 10.2 Å². The van der Waals surface area contributed by atoms with Gasteiger partial charge in [-0.3, -0.25) is 9.78 Å². The highest BCUT2D eigenvalue weighted by molar-refractivity contribution is 5.94. The van der Waals surface area contributed by atoms with Gasteiger partial charge in [0.1, 0.15) is 0 Å². The van der Waals surface area contributed by atoms with Crippen LogP contribution in [0.4, 0.5) is 5.69 Å². The SMILES string of the molecule is CCN(CC)c1cncc(C(=O)NCCCc2ccccc2)c1. The molecule has 0 aliphatic rings. The predicted molar refractivity (Wildman–Crippen MR) is 94.9 cm³/mol. The van der Waals surface area contributed by atoms with E-state index >= 15 is 0 Å². The van der Waals surface area contributed by atoms with Crippen LogP contribution in [0.15, 0.2) is 48.8 Å². The number of aryl methyl sites for hydroxylation is 1. The smallest absolute Gasteiger partial charge is 0.252 e. The molecule has 0 radical (unpaired) electrons. The van der Waals surface area contributed by atoms with Gasteiger partial charge in [0.05, 0.1) is 17.4 Å². The standard InChI is InChI=1S/C19H25N3O/c1-3-22(4-2)18-13-17(14-20-15-18)19(23)21-12-8-11-16-9-6-5-7-10-16/h5-7,9-10,13-15H,3-4,8,11-12H2,1-2H3,(H,21,23). The fourth-order valence-electron chi connectivity index (χ4n) is 2.55. The molecule has 0 atom stereocenters. The lowest BCUT2D eigenvalue weighted by atomic mass is 10.1. The molecular formula is C19H25N3O. The van der Waals surface area contributed by atoms with E-state index in [2.05, 4.69) is 41.2 Å². The van der Waals surface area contributed by atoms with Crippen LogP contribution in [-0.4, -0.2) is 30.5 Å².